The van der Waals surface area contributed by atoms with Gasteiger partial charge in [-0.15, -0.1) is 0 Å². The lowest BCUT2D eigenvalue weighted by atomic mass is 10.1. The van der Waals surface area contributed by atoms with Gasteiger partial charge in [0.1, 0.15) is 6.61 Å². The van der Waals surface area contributed by atoms with Crippen LogP contribution in [0.1, 0.15) is 0 Å². The first kappa shape index (κ1) is 11.0. The number of ether oxygens (including phenoxy) is 2. The number of esters is 1. The molecule has 0 atom stereocenters. The molecule has 1 aliphatic heterocycles. The molecule has 1 spiro atoms. The van der Waals surface area contributed by atoms with E-state index in [4.69, 9.17) is 9.47 Å². The number of hydrogen-bond donors (Lipinski definition) is 0. The van der Waals surface area contributed by atoms with Gasteiger partial charge in [-0.2, -0.15) is 4.40 Å². The molecule has 1 saturated heterocycles. The molecule has 86 valence electrons. The van der Waals surface area contributed by atoms with E-state index in [1.807, 2.05) is 0 Å². The van der Waals surface area contributed by atoms with Crippen LogP contribution in [0.5, 0.6) is 0 Å². The molecule has 0 aromatic heterocycles. The van der Waals surface area contributed by atoms with E-state index in [0.717, 1.165) is 6.26 Å². The van der Waals surface area contributed by atoms with Gasteiger partial charge in [-0.05, 0) is 24.3 Å². The van der Waals surface area contributed by atoms with Gasteiger partial charge in [0.25, 0.3) is 15.8 Å². The molecule has 0 radical (unpaired) electrons. The highest BCUT2D eigenvalue weighted by atomic mass is 32.2. The van der Waals surface area contributed by atoms with Crippen molar-refractivity contribution in [3.8, 4) is 0 Å². The van der Waals surface area contributed by atoms with E-state index in [1.54, 1.807) is 0 Å². The third-order valence-corrected chi connectivity index (χ3v) is 2.48. The molecule has 7 heteroatoms. The standard InChI is InChI=1S/C9H9NO5S/c1-16(12,13)10-7-2-4-9(5-3-7)14-6-8(11)15-9/h2-5H,6H2,1H3. The normalized spacial score (nSPS) is 28.6. The van der Waals surface area contributed by atoms with Crippen LogP contribution >= 0.6 is 0 Å². The second-order valence-electron chi connectivity index (χ2n) is 3.40. The van der Waals surface area contributed by atoms with E-state index >= 15 is 0 Å². The summed E-state index contributed by atoms with van der Waals surface area (Å²) < 4.78 is 35.3. The van der Waals surface area contributed by atoms with Crippen molar-refractivity contribution in [1.82, 2.24) is 0 Å². The van der Waals surface area contributed by atoms with Gasteiger partial charge >= 0.3 is 5.97 Å². The van der Waals surface area contributed by atoms with Crippen LogP contribution in [0.15, 0.2) is 28.7 Å². The van der Waals surface area contributed by atoms with Gasteiger partial charge in [-0.1, -0.05) is 0 Å². The average Bonchev–Trinajstić information content (AvgIpc) is 2.51. The fourth-order valence-electron chi connectivity index (χ4n) is 1.34. The monoisotopic (exact) mass is 243 g/mol. The van der Waals surface area contributed by atoms with Crippen molar-refractivity contribution in [3.63, 3.8) is 0 Å². The second kappa shape index (κ2) is 3.53. The Morgan fingerprint density at radius 2 is 2.00 bits per heavy atom. The molecule has 6 nitrogen and oxygen atoms in total. The minimum Gasteiger partial charge on any atom is -0.424 e. The van der Waals surface area contributed by atoms with Crippen molar-refractivity contribution in [3.05, 3.63) is 24.3 Å². The molecule has 2 aliphatic rings. The molecule has 16 heavy (non-hydrogen) atoms. The molecule has 0 amide bonds. The minimum atomic E-state index is -3.43. The zero-order valence-electron chi connectivity index (χ0n) is 8.41. The fraction of sp³-hybridized carbons (Fsp3) is 0.333. The molecule has 0 N–H and O–H groups in total. The highest BCUT2D eigenvalue weighted by molar-refractivity contribution is 7.89. The summed E-state index contributed by atoms with van der Waals surface area (Å²) >= 11 is 0. The third kappa shape index (κ3) is 2.37. The molecule has 1 heterocycles. The maximum absolute atomic E-state index is 10.9. The Labute approximate surface area is 92.3 Å². The number of rotatable bonds is 1. The van der Waals surface area contributed by atoms with E-state index in [2.05, 4.69) is 4.40 Å². The summed E-state index contributed by atoms with van der Waals surface area (Å²) in [5.41, 5.74) is 0.264. The minimum absolute atomic E-state index is 0.118. The fourth-order valence-corrected chi connectivity index (χ4v) is 1.84. The SMILES string of the molecule is CS(=O)(=O)N=C1C=CC2(C=C1)OCC(=O)O2. The maximum atomic E-state index is 10.9. The van der Waals surface area contributed by atoms with Gasteiger partial charge in [0.2, 0.25) is 0 Å². The first-order chi connectivity index (χ1) is 7.39. The molecule has 2 rings (SSSR count). The summed E-state index contributed by atoms with van der Waals surface area (Å²) in [4.78, 5) is 10.9. The average molecular weight is 243 g/mol. The van der Waals surface area contributed by atoms with Gasteiger partial charge in [-0.3, -0.25) is 0 Å². The topological polar surface area (TPSA) is 82.0 Å². The largest absolute Gasteiger partial charge is 0.424 e. The van der Waals surface area contributed by atoms with Crippen molar-refractivity contribution in [2.24, 2.45) is 4.40 Å². The summed E-state index contributed by atoms with van der Waals surface area (Å²) in [6, 6.07) is 0. The van der Waals surface area contributed by atoms with Crippen LogP contribution in [0.2, 0.25) is 0 Å². The Bertz CT molecular complexity index is 498. The molecule has 0 saturated carbocycles. The van der Waals surface area contributed by atoms with Gasteiger partial charge in [0, 0.05) is 0 Å². The molecule has 0 unspecified atom stereocenters. The van der Waals surface area contributed by atoms with Gasteiger partial charge in [0.15, 0.2) is 0 Å². The summed E-state index contributed by atoms with van der Waals surface area (Å²) in [5, 5.41) is 0. The third-order valence-electron chi connectivity index (χ3n) is 1.93. The molecular formula is C9H9NO5S. The summed E-state index contributed by atoms with van der Waals surface area (Å²) in [6.45, 7) is -0.118. The van der Waals surface area contributed by atoms with Gasteiger partial charge in [0.05, 0.1) is 12.0 Å². The number of nitrogens with zero attached hydrogens (tertiary/aromatic N) is 1. The molecule has 0 aromatic carbocycles. The lowest BCUT2D eigenvalue weighted by molar-refractivity contribution is -0.147. The predicted molar refractivity (Wildman–Crippen MR) is 55.3 cm³/mol. The maximum Gasteiger partial charge on any atom is 0.335 e. The summed E-state index contributed by atoms with van der Waals surface area (Å²) in [7, 11) is -3.43. The first-order valence-electron chi connectivity index (χ1n) is 4.43. The Morgan fingerprint density at radius 3 is 2.44 bits per heavy atom. The van der Waals surface area contributed by atoms with Crippen LogP contribution in [-0.4, -0.2) is 38.7 Å². The Balaban J connectivity index is 2.22. The van der Waals surface area contributed by atoms with Crippen LogP contribution in [0.25, 0.3) is 0 Å². The molecular weight excluding hydrogens is 234 g/mol. The summed E-state index contributed by atoms with van der Waals surface area (Å²) in [5.74, 6) is -1.65. The second-order valence-corrected chi connectivity index (χ2v) is 5.05. The first-order valence-corrected chi connectivity index (χ1v) is 6.28. The van der Waals surface area contributed by atoms with E-state index in [9.17, 15) is 13.2 Å². The Kier molecular flexibility index (Phi) is 2.43. The van der Waals surface area contributed by atoms with Crippen LogP contribution < -0.4 is 0 Å². The van der Waals surface area contributed by atoms with Crippen molar-refractivity contribution in [2.75, 3.05) is 12.9 Å². The van der Waals surface area contributed by atoms with Crippen molar-refractivity contribution < 1.29 is 22.7 Å². The van der Waals surface area contributed by atoms with Crippen molar-refractivity contribution in [1.29, 1.82) is 0 Å². The van der Waals surface area contributed by atoms with Crippen LogP contribution in [0, 0.1) is 0 Å². The zero-order valence-corrected chi connectivity index (χ0v) is 9.23. The van der Waals surface area contributed by atoms with Gasteiger partial charge in [-0.25, -0.2) is 13.2 Å². The van der Waals surface area contributed by atoms with Gasteiger partial charge < -0.3 is 9.47 Å². The van der Waals surface area contributed by atoms with Crippen molar-refractivity contribution in [2.45, 2.75) is 5.79 Å². The number of allylic oxidation sites excluding steroid dienone is 2. The summed E-state index contributed by atoms with van der Waals surface area (Å²) in [6.07, 6.45) is 6.75. The van der Waals surface area contributed by atoms with Crippen molar-refractivity contribution >= 4 is 21.7 Å². The zero-order chi connectivity index (χ0) is 11.8. The highest BCUT2D eigenvalue weighted by Crippen LogP contribution is 2.26. The molecule has 0 bridgehead atoms. The predicted octanol–water partition coefficient (Wildman–Crippen LogP) is -0.217. The number of sulfonamides is 1. The molecule has 1 fully saturated rings. The number of carbonyl (C=O) groups excluding carboxylic acids is 1. The number of carbonyl (C=O) groups is 1. The smallest absolute Gasteiger partial charge is 0.335 e. The Hall–Kier alpha value is -1.47. The van der Waals surface area contributed by atoms with E-state index < -0.39 is 21.8 Å². The lowest BCUT2D eigenvalue weighted by Gasteiger charge is -2.20. The molecule has 1 aliphatic carbocycles. The molecule has 0 aromatic rings. The van der Waals surface area contributed by atoms with Crippen LogP contribution in [0.4, 0.5) is 0 Å². The van der Waals surface area contributed by atoms with E-state index in [-0.39, 0.29) is 12.3 Å². The number of hydrogen-bond acceptors (Lipinski definition) is 5. The van der Waals surface area contributed by atoms with Crippen LogP contribution in [0.3, 0.4) is 0 Å². The van der Waals surface area contributed by atoms with Crippen LogP contribution in [-0.2, 0) is 24.3 Å². The quantitative estimate of drug-likeness (QED) is 0.595. The van der Waals surface area contributed by atoms with E-state index in [0.29, 0.717) is 0 Å². The van der Waals surface area contributed by atoms with E-state index in [1.165, 1.54) is 24.3 Å². The Morgan fingerprint density at radius 1 is 1.38 bits per heavy atom. The lowest BCUT2D eigenvalue weighted by Crippen LogP contribution is -2.27. The highest BCUT2D eigenvalue weighted by Gasteiger charge is 2.38.